The molecule has 0 radical (unpaired) electrons. The Balaban J connectivity index is 1.32. The zero-order valence-corrected chi connectivity index (χ0v) is 24.6. The Morgan fingerprint density at radius 2 is 2.07 bits per heavy atom. The summed E-state index contributed by atoms with van der Waals surface area (Å²) >= 11 is 0. The van der Waals surface area contributed by atoms with Crippen molar-refractivity contribution in [2.75, 3.05) is 26.2 Å². The maximum atomic E-state index is 15.2. The number of aliphatic hydroxyl groups excluding tert-OH is 1. The van der Waals surface area contributed by atoms with Crippen LogP contribution in [0.4, 0.5) is 8.78 Å². The smallest absolute Gasteiger partial charge is 0.257 e. The van der Waals surface area contributed by atoms with Crippen LogP contribution in [0.3, 0.4) is 0 Å². The first-order chi connectivity index (χ1) is 19.3. The highest BCUT2D eigenvalue weighted by Crippen LogP contribution is 2.36. The maximum absolute atomic E-state index is 15.2. The molecule has 3 heterocycles. The molecular formula is C31H44F2N4O4. The van der Waals surface area contributed by atoms with Gasteiger partial charge >= 0.3 is 0 Å². The molecule has 10 heteroatoms. The summed E-state index contributed by atoms with van der Waals surface area (Å²) < 4.78 is 35.5. The Kier molecular flexibility index (Phi) is 9.53. The number of carbonyl (C=O) groups is 2. The second kappa shape index (κ2) is 12.6. The number of rotatable bonds is 10. The topological polar surface area (TPSA) is 109 Å². The minimum atomic E-state index is -1.37. The molecule has 2 amide bonds. The van der Waals surface area contributed by atoms with Crippen molar-refractivity contribution in [3.63, 3.8) is 0 Å². The lowest BCUT2D eigenvalue weighted by molar-refractivity contribution is -0.139. The van der Waals surface area contributed by atoms with Crippen LogP contribution in [-0.4, -0.2) is 81.3 Å². The molecule has 1 aromatic heterocycles. The monoisotopic (exact) mass is 574 g/mol. The molecule has 3 aliphatic rings. The van der Waals surface area contributed by atoms with E-state index >= 15 is 4.39 Å². The first kappa shape index (κ1) is 31.1. The summed E-state index contributed by atoms with van der Waals surface area (Å²) in [6, 6.07) is 3.99. The number of hydrogen-bond acceptors (Lipinski definition) is 6. The molecular weight excluding hydrogens is 530 g/mol. The molecule has 2 fully saturated rings. The average molecular weight is 575 g/mol. The number of nitrogens with two attached hydrogens (primary N) is 1. The van der Waals surface area contributed by atoms with Gasteiger partial charge in [0, 0.05) is 43.6 Å². The van der Waals surface area contributed by atoms with Crippen LogP contribution in [0.15, 0.2) is 41.9 Å². The van der Waals surface area contributed by atoms with E-state index in [-0.39, 0.29) is 30.9 Å². The molecule has 41 heavy (non-hydrogen) atoms. The van der Waals surface area contributed by atoms with Gasteiger partial charge < -0.3 is 20.5 Å². The van der Waals surface area contributed by atoms with Crippen LogP contribution in [-0.2, 0) is 9.59 Å². The van der Waals surface area contributed by atoms with Crippen molar-refractivity contribution in [2.24, 2.45) is 11.7 Å². The Hall–Kier alpha value is -2.85. The van der Waals surface area contributed by atoms with Crippen molar-refractivity contribution in [1.82, 2.24) is 14.8 Å². The maximum Gasteiger partial charge on any atom is 0.257 e. The van der Waals surface area contributed by atoms with Crippen LogP contribution in [0.2, 0.25) is 0 Å². The summed E-state index contributed by atoms with van der Waals surface area (Å²) in [6.45, 7) is 8.72. The number of halogens is 2. The molecule has 2 saturated heterocycles. The first-order valence-electron chi connectivity index (χ1n) is 14.7. The van der Waals surface area contributed by atoms with E-state index in [9.17, 15) is 19.1 Å². The highest BCUT2D eigenvalue weighted by atomic mass is 19.1. The fraction of sp³-hybridized carbons (Fsp3) is 0.645. The van der Waals surface area contributed by atoms with Gasteiger partial charge in [-0.15, -0.1) is 0 Å². The van der Waals surface area contributed by atoms with E-state index in [1.165, 1.54) is 17.9 Å². The lowest BCUT2D eigenvalue weighted by atomic mass is 9.88. The molecule has 0 saturated carbocycles. The Morgan fingerprint density at radius 1 is 1.32 bits per heavy atom. The number of likely N-dealkylation sites (tertiary alicyclic amines) is 2. The van der Waals surface area contributed by atoms with Crippen molar-refractivity contribution in [1.29, 1.82) is 0 Å². The van der Waals surface area contributed by atoms with E-state index in [1.54, 1.807) is 32.2 Å². The fourth-order valence-electron chi connectivity index (χ4n) is 6.37. The van der Waals surface area contributed by atoms with Crippen LogP contribution < -0.4 is 10.5 Å². The molecule has 1 aromatic rings. The molecule has 2 aliphatic heterocycles. The molecule has 1 aliphatic carbocycles. The average Bonchev–Trinajstić information content (AvgIpc) is 3.23. The molecule has 5 atom stereocenters. The van der Waals surface area contributed by atoms with E-state index in [1.807, 2.05) is 6.07 Å². The number of nitrogens with zero attached hydrogens (tertiary/aromatic N) is 3. The fourth-order valence-corrected chi connectivity index (χ4v) is 6.37. The van der Waals surface area contributed by atoms with Crippen molar-refractivity contribution < 1.29 is 28.2 Å². The summed E-state index contributed by atoms with van der Waals surface area (Å²) in [7, 11) is 0. The second-order valence-electron chi connectivity index (χ2n) is 12.7. The molecule has 0 aromatic carbocycles. The molecule has 226 valence electrons. The van der Waals surface area contributed by atoms with Gasteiger partial charge in [0.05, 0.1) is 24.5 Å². The highest BCUT2D eigenvalue weighted by molar-refractivity contribution is 6.01. The van der Waals surface area contributed by atoms with Crippen LogP contribution >= 0.6 is 0 Å². The molecule has 3 N–H and O–H groups in total. The highest BCUT2D eigenvalue weighted by Gasteiger charge is 2.49. The quantitative estimate of drug-likeness (QED) is 0.434. The summed E-state index contributed by atoms with van der Waals surface area (Å²) in [4.78, 5) is 33.1. The van der Waals surface area contributed by atoms with E-state index < -0.39 is 35.0 Å². The van der Waals surface area contributed by atoms with Crippen molar-refractivity contribution in [2.45, 2.75) is 95.5 Å². The van der Waals surface area contributed by atoms with Gasteiger partial charge in [-0.2, -0.15) is 0 Å². The standard InChI is InChI=1S/C31H44F2N4O4/c1-5-6-22-13-20(11-12-36(22)19-30(2,3)33)18-41-24-8-10-27(35-16-24)21-7-9-25(26(32)14-21)28(39)37-17-23(38)15-31(37,4)29(34)40/h7-10,16,20-23,38H,5-6,11-15,17-19H2,1-4H3,(H2,34,40). The third-order valence-corrected chi connectivity index (χ3v) is 8.59. The number of primary amides is 1. The number of aliphatic hydroxyl groups is 1. The van der Waals surface area contributed by atoms with E-state index in [2.05, 4.69) is 16.8 Å². The minimum Gasteiger partial charge on any atom is -0.492 e. The SMILES string of the molecule is CCCC1CC(COc2ccc(C3C=CC(C(=O)N4CC(O)CC4(C)C(N)=O)=C(F)C3)nc2)CCN1CC(C)(C)F. The van der Waals surface area contributed by atoms with E-state index in [4.69, 9.17) is 10.5 Å². The summed E-state index contributed by atoms with van der Waals surface area (Å²) in [5, 5.41) is 10.0. The molecule has 5 unspecified atom stereocenters. The van der Waals surface area contributed by atoms with Gasteiger partial charge in [-0.05, 0) is 64.6 Å². The summed E-state index contributed by atoms with van der Waals surface area (Å²) in [6.07, 6.45) is 7.90. The van der Waals surface area contributed by atoms with Gasteiger partial charge in [0.25, 0.3) is 5.91 Å². The van der Waals surface area contributed by atoms with E-state index in [0.717, 1.165) is 32.2 Å². The summed E-state index contributed by atoms with van der Waals surface area (Å²) in [5.41, 5.74) is 3.44. The zero-order valence-electron chi connectivity index (χ0n) is 24.6. The van der Waals surface area contributed by atoms with Crippen molar-refractivity contribution >= 4 is 11.8 Å². The van der Waals surface area contributed by atoms with Gasteiger partial charge in [0.15, 0.2) is 0 Å². The van der Waals surface area contributed by atoms with Gasteiger partial charge in [0.2, 0.25) is 5.91 Å². The molecule has 8 nitrogen and oxygen atoms in total. The number of alkyl halides is 1. The predicted octanol–water partition coefficient (Wildman–Crippen LogP) is 4.19. The normalized spacial score (nSPS) is 29.2. The number of amides is 2. The van der Waals surface area contributed by atoms with Gasteiger partial charge in [0.1, 0.15) is 22.8 Å². The minimum absolute atomic E-state index is 0.0175. The van der Waals surface area contributed by atoms with Gasteiger partial charge in [-0.3, -0.25) is 19.5 Å². The number of ether oxygens (including phenoxy) is 1. The predicted molar refractivity (Wildman–Crippen MR) is 152 cm³/mol. The molecule has 0 spiro atoms. The van der Waals surface area contributed by atoms with Crippen LogP contribution in [0, 0.1) is 5.92 Å². The van der Waals surface area contributed by atoms with E-state index in [0.29, 0.717) is 36.6 Å². The Morgan fingerprint density at radius 3 is 2.68 bits per heavy atom. The number of carbonyl (C=O) groups excluding carboxylic acids is 2. The zero-order chi connectivity index (χ0) is 29.9. The third kappa shape index (κ3) is 7.33. The van der Waals surface area contributed by atoms with Gasteiger partial charge in [-0.25, -0.2) is 8.78 Å². The van der Waals surface area contributed by atoms with Crippen LogP contribution in [0.25, 0.3) is 0 Å². The Labute approximate surface area is 241 Å². The number of pyridine rings is 1. The largest absolute Gasteiger partial charge is 0.492 e. The van der Waals surface area contributed by atoms with Crippen molar-refractivity contribution in [3.05, 3.63) is 47.6 Å². The third-order valence-electron chi connectivity index (χ3n) is 8.59. The molecule has 4 rings (SSSR count). The summed E-state index contributed by atoms with van der Waals surface area (Å²) in [5.74, 6) is -1.33. The lowest BCUT2D eigenvalue weighted by Crippen LogP contribution is -2.54. The number of aromatic nitrogens is 1. The van der Waals surface area contributed by atoms with Gasteiger partial charge in [-0.1, -0.05) is 25.5 Å². The van der Waals surface area contributed by atoms with Crippen molar-refractivity contribution in [3.8, 4) is 5.75 Å². The number of hydrogen-bond donors (Lipinski definition) is 2. The molecule has 0 bridgehead atoms. The second-order valence-corrected chi connectivity index (χ2v) is 12.7. The van der Waals surface area contributed by atoms with Crippen LogP contribution in [0.5, 0.6) is 5.75 Å². The number of allylic oxidation sites excluding steroid dienone is 2. The lowest BCUT2D eigenvalue weighted by Gasteiger charge is -2.41. The van der Waals surface area contributed by atoms with Crippen LogP contribution in [0.1, 0.15) is 77.8 Å². The number of β-amino-alcohol motifs (C(OH)–C–C–N with tert-alkyl or cyclic N) is 1. The Bertz CT molecular complexity index is 1170. The number of piperidine rings is 1. The first-order valence-corrected chi connectivity index (χ1v) is 14.7.